The number of ether oxygens (including phenoxy) is 2. The summed E-state index contributed by atoms with van der Waals surface area (Å²) in [6.07, 6.45) is 1.03. The summed E-state index contributed by atoms with van der Waals surface area (Å²) in [5.41, 5.74) is 1.20. The summed E-state index contributed by atoms with van der Waals surface area (Å²) in [5.74, 6) is 1.64. The van der Waals surface area contributed by atoms with Gasteiger partial charge in [-0.3, -0.25) is 0 Å². The average Bonchev–Trinajstić information content (AvgIpc) is 2.37. The number of rotatable bonds is 6. The van der Waals surface area contributed by atoms with Gasteiger partial charge in [0.15, 0.2) is 0 Å². The fourth-order valence-electron chi connectivity index (χ4n) is 2.41. The highest BCUT2D eigenvalue weighted by atomic mass is 79.9. The van der Waals surface area contributed by atoms with Gasteiger partial charge in [-0.05, 0) is 47.8 Å². The topological polar surface area (TPSA) is 30.5 Å². The van der Waals surface area contributed by atoms with Crippen molar-refractivity contribution in [3.8, 4) is 11.5 Å². The van der Waals surface area contributed by atoms with Crippen molar-refractivity contribution in [2.45, 2.75) is 38.6 Å². The normalized spacial score (nSPS) is 13.2. The van der Waals surface area contributed by atoms with Gasteiger partial charge in [-0.2, -0.15) is 0 Å². The second-order valence-electron chi connectivity index (χ2n) is 5.44. The van der Waals surface area contributed by atoms with Crippen LogP contribution in [0, 0.1) is 0 Å². The largest absolute Gasteiger partial charge is 0.495 e. The fourth-order valence-corrected chi connectivity index (χ4v) is 3.08. The van der Waals surface area contributed by atoms with Gasteiger partial charge in [0.1, 0.15) is 16.0 Å². The predicted molar refractivity (Wildman–Crippen MR) is 83.4 cm³/mol. The van der Waals surface area contributed by atoms with Crippen molar-refractivity contribution in [1.82, 2.24) is 5.32 Å². The van der Waals surface area contributed by atoms with Gasteiger partial charge in [-0.15, -0.1) is 0 Å². The molecule has 3 nitrogen and oxygen atoms in total. The van der Waals surface area contributed by atoms with Gasteiger partial charge >= 0.3 is 0 Å². The van der Waals surface area contributed by atoms with Crippen LogP contribution in [0.15, 0.2) is 16.6 Å². The van der Waals surface area contributed by atoms with Gasteiger partial charge in [0.25, 0.3) is 0 Å². The molecule has 1 atom stereocenters. The molecule has 19 heavy (non-hydrogen) atoms. The van der Waals surface area contributed by atoms with Gasteiger partial charge in [0, 0.05) is 11.6 Å². The molecule has 1 aromatic carbocycles. The molecule has 0 aliphatic heterocycles. The first-order valence-electron chi connectivity index (χ1n) is 6.45. The number of benzene rings is 1. The van der Waals surface area contributed by atoms with Crippen molar-refractivity contribution in [2.24, 2.45) is 0 Å². The minimum atomic E-state index is 0.0164. The van der Waals surface area contributed by atoms with Crippen LogP contribution in [0.25, 0.3) is 0 Å². The Hall–Kier alpha value is -0.740. The molecule has 0 spiro atoms. The molecule has 108 valence electrons. The van der Waals surface area contributed by atoms with E-state index in [1.807, 2.05) is 13.1 Å². The first-order valence-corrected chi connectivity index (χ1v) is 7.25. The molecule has 1 aromatic rings. The standard InChI is InChI=1S/C15H24BrNO2/c1-10(17-4)9-15(2,3)11-7-8-12(18-5)13(16)14(11)19-6/h7-8,10,17H,9H2,1-6H3. The van der Waals surface area contributed by atoms with E-state index in [-0.39, 0.29) is 5.41 Å². The second-order valence-corrected chi connectivity index (χ2v) is 6.23. The summed E-state index contributed by atoms with van der Waals surface area (Å²) < 4.78 is 11.8. The predicted octanol–water partition coefficient (Wildman–Crippen LogP) is 3.74. The van der Waals surface area contributed by atoms with E-state index in [4.69, 9.17) is 9.47 Å². The van der Waals surface area contributed by atoms with Crippen molar-refractivity contribution >= 4 is 15.9 Å². The number of methoxy groups -OCH3 is 2. The van der Waals surface area contributed by atoms with E-state index >= 15 is 0 Å². The highest BCUT2D eigenvalue weighted by Crippen LogP contribution is 2.43. The lowest BCUT2D eigenvalue weighted by atomic mass is 9.79. The van der Waals surface area contributed by atoms with Gasteiger partial charge in [-0.1, -0.05) is 19.9 Å². The molecule has 0 heterocycles. The summed E-state index contributed by atoms with van der Waals surface area (Å²) in [5, 5.41) is 3.29. The first kappa shape index (κ1) is 16.3. The number of hydrogen-bond donors (Lipinski definition) is 1. The van der Waals surface area contributed by atoms with Crippen LogP contribution in [-0.2, 0) is 5.41 Å². The minimum absolute atomic E-state index is 0.0164. The molecule has 1 N–H and O–H groups in total. The third kappa shape index (κ3) is 3.63. The van der Waals surface area contributed by atoms with Crippen molar-refractivity contribution in [1.29, 1.82) is 0 Å². The molecule has 4 heteroatoms. The lowest BCUT2D eigenvalue weighted by Gasteiger charge is -2.30. The van der Waals surface area contributed by atoms with Crippen LogP contribution in [0.2, 0.25) is 0 Å². The van der Waals surface area contributed by atoms with Crippen LogP contribution in [0.5, 0.6) is 11.5 Å². The van der Waals surface area contributed by atoms with Crippen LogP contribution in [0.1, 0.15) is 32.8 Å². The van der Waals surface area contributed by atoms with E-state index in [1.54, 1.807) is 14.2 Å². The lowest BCUT2D eigenvalue weighted by molar-refractivity contribution is 0.356. The maximum absolute atomic E-state index is 5.57. The van der Waals surface area contributed by atoms with E-state index in [0.29, 0.717) is 6.04 Å². The molecular weight excluding hydrogens is 306 g/mol. The zero-order chi connectivity index (χ0) is 14.6. The third-order valence-corrected chi connectivity index (χ3v) is 4.28. The summed E-state index contributed by atoms with van der Waals surface area (Å²) >= 11 is 3.56. The molecule has 0 fully saturated rings. The summed E-state index contributed by atoms with van der Waals surface area (Å²) in [4.78, 5) is 0. The number of hydrogen-bond acceptors (Lipinski definition) is 3. The number of nitrogens with one attached hydrogen (secondary N) is 1. The van der Waals surface area contributed by atoms with Crippen molar-refractivity contribution in [2.75, 3.05) is 21.3 Å². The summed E-state index contributed by atoms with van der Waals surface area (Å²) in [7, 11) is 5.34. The van der Waals surface area contributed by atoms with Crippen LogP contribution < -0.4 is 14.8 Å². The Morgan fingerprint density at radius 2 is 1.89 bits per heavy atom. The van der Waals surface area contributed by atoms with Crippen molar-refractivity contribution in [3.05, 3.63) is 22.2 Å². The van der Waals surface area contributed by atoms with E-state index in [9.17, 15) is 0 Å². The Kier molecular flexibility index (Phi) is 5.68. The van der Waals surface area contributed by atoms with Gasteiger partial charge in [-0.25, -0.2) is 0 Å². The molecule has 0 amide bonds. The van der Waals surface area contributed by atoms with Crippen molar-refractivity contribution in [3.63, 3.8) is 0 Å². The zero-order valence-corrected chi connectivity index (χ0v) is 14.2. The Labute approximate surface area is 124 Å². The highest BCUT2D eigenvalue weighted by molar-refractivity contribution is 9.10. The monoisotopic (exact) mass is 329 g/mol. The quantitative estimate of drug-likeness (QED) is 0.862. The van der Waals surface area contributed by atoms with Crippen LogP contribution in [-0.4, -0.2) is 27.3 Å². The van der Waals surface area contributed by atoms with E-state index < -0.39 is 0 Å². The Morgan fingerprint density at radius 3 is 2.37 bits per heavy atom. The Morgan fingerprint density at radius 1 is 1.26 bits per heavy atom. The molecule has 0 saturated carbocycles. The van der Waals surface area contributed by atoms with Crippen LogP contribution >= 0.6 is 15.9 Å². The lowest BCUT2D eigenvalue weighted by Crippen LogP contribution is -2.31. The first-order chi connectivity index (χ1) is 8.87. The SMILES string of the molecule is CNC(C)CC(C)(C)c1ccc(OC)c(Br)c1OC. The fraction of sp³-hybridized carbons (Fsp3) is 0.600. The second kappa shape index (κ2) is 6.62. The molecule has 0 aromatic heterocycles. The zero-order valence-electron chi connectivity index (χ0n) is 12.6. The van der Waals surface area contributed by atoms with E-state index in [0.717, 1.165) is 22.4 Å². The Bertz CT molecular complexity index is 432. The summed E-state index contributed by atoms with van der Waals surface area (Å²) in [6.45, 7) is 6.65. The van der Waals surface area contributed by atoms with Gasteiger partial charge in [0.2, 0.25) is 0 Å². The maximum atomic E-state index is 5.57. The minimum Gasteiger partial charge on any atom is -0.495 e. The van der Waals surface area contributed by atoms with E-state index in [1.165, 1.54) is 5.56 Å². The molecule has 0 radical (unpaired) electrons. The molecule has 0 bridgehead atoms. The van der Waals surface area contributed by atoms with Crippen LogP contribution in [0.3, 0.4) is 0 Å². The smallest absolute Gasteiger partial charge is 0.140 e. The maximum Gasteiger partial charge on any atom is 0.140 e. The van der Waals surface area contributed by atoms with Crippen LogP contribution in [0.4, 0.5) is 0 Å². The van der Waals surface area contributed by atoms with Crippen molar-refractivity contribution < 1.29 is 9.47 Å². The highest BCUT2D eigenvalue weighted by Gasteiger charge is 2.28. The number of halogens is 1. The third-order valence-electron chi connectivity index (χ3n) is 3.52. The Balaban J connectivity index is 3.22. The van der Waals surface area contributed by atoms with E-state index in [2.05, 4.69) is 48.1 Å². The molecule has 1 rings (SSSR count). The molecule has 1 unspecified atom stereocenters. The molecule has 0 saturated heterocycles. The summed E-state index contributed by atoms with van der Waals surface area (Å²) in [6, 6.07) is 4.51. The van der Waals surface area contributed by atoms with Gasteiger partial charge in [0.05, 0.1) is 14.2 Å². The van der Waals surface area contributed by atoms with Gasteiger partial charge < -0.3 is 14.8 Å². The molecule has 0 aliphatic rings. The molecule has 0 aliphatic carbocycles. The molecular formula is C15H24BrNO2. The average molecular weight is 330 g/mol.